The highest BCUT2D eigenvalue weighted by Crippen LogP contribution is 2.27. The van der Waals surface area contributed by atoms with Gasteiger partial charge in [-0.3, -0.25) is 9.10 Å². The van der Waals surface area contributed by atoms with Crippen molar-refractivity contribution in [3.8, 4) is 0 Å². The minimum atomic E-state index is -3.66. The third kappa shape index (κ3) is 6.45. The molecular formula is C27H32N2O3S. The smallest absolute Gasteiger partial charge is 0.241 e. The Bertz CT molecular complexity index is 1200. The molecule has 5 nitrogen and oxygen atoms in total. The number of carbonyl (C=O) groups excluding carboxylic acids is 1. The highest BCUT2D eigenvalue weighted by Gasteiger charge is 2.24. The van der Waals surface area contributed by atoms with Gasteiger partial charge in [0, 0.05) is 0 Å². The van der Waals surface area contributed by atoms with Crippen molar-refractivity contribution in [3.05, 3.63) is 101 Å². The molecule has 1 N–H and O–H groups in total. The van der Waals surface area contributed by atoms with Gasteiger partial charge in [0.05, 0.1) is 18.0 Å². The minimum absolute atomic E-state index is 0.0530. The van der Waals surface area contributed by atoms with Crippen LogP contribution in [-0.2, 0) is 20.2 Å². The van der Waals surface area contributed by atoms with Crippen LogP contribution in [0.2, 0.25) is 0 Å². The second kappa shape index (κ2) is 9.79. The van der Waals surface area contributed by atoms with Crippen molar-refractivity contribution < 1.29 is 13.2 Å². The van der Waals surface area contributed by atoms with E-state index >= 15 is 0 Å². The Morgan fingerprint density at radius 1 is 0.909 bits per heavy atom. The number of sulfonamides is 1. The summed E-state index contributed by atoms with van der Waals surface area (Å²) in [5.74, 6) is -0.379. The number of rotatable bonds is 7. The van der Waals surface area contributed by atoms with Crippen molar-refractivity contribution in [1.29, 1.82) is 0 Å². The zero-order valence-corrected chi connectivity index (χ0v) is 20.7. The molecule has 0 aliphatic heterocycles. The van der Waals surface area contributed by atoms with Gasteiger partial charge in [-0.15, -0.1) is 0 Å². The molecule has 1 amide bonds. The number of nitrogens with zero attached hydrogens (tertiary/aromatic N) is 1. The molecule has 1 atom stereocenters. The normalized spacial score (nSPS) is 12.8. The van der Waals surface area contributed by atoms with E-state index in [0.29, 0.717) is 5.69 Å². The summed E-state index contributed by atoms with van der Waals surface area (Å²) >= 11 is 0. The van der Waals surface area contributed by atoms with Crippen LogP contribution >= 0.6 is 0 Å². The van der Waals surface area contributed by atoms with Gasteiger partial charge in [-0.2, -0.15) is 0 Å². The lowest BCUT2D eigenvalue weighted by atomic mass is 9.87. The zero-order valence-electron chi connectivity index (χ0n) is 19.9. The maximum absolute atomic E-state index is 13.1. The third-order valence-corrected chi connectivity index (χ3v) is 6.66. The SMILES string of the molecule is Cc1cccc(C(NC(=O)CN(c2ccc(C(C)(C)C)cc2)S(C)(=O)=O)c2ccccc2)c1. The van der Waals surface area contributed by atoms with Gasteiger partial charge in [-0.05, 0) is 41.2 Å². The average Bonchev–Trinajstić information content (AvgIpc) is 2.75. The molecule has 3 aromatic carbocycles. The Hall–Kier alpha value is -3.12. The van der Waals surface area contributed by atoms with E-state index in [4.69, 9.17) is 0 Å². The Morgan fingerprint density at radius 3 is 2.06 bits per heavy atom. The summed E-state index contributed by atoms with van der Waals surface area (Å²) in [6.45, 7) is 7.99. The van der Waals surface area contributed by atoms with Crippen molar-refractivity contribution in [3.63, 3.8) is 0 Å². The molecule has 3 aromatic rings. The second-order valence-electron chi connectivity index (χ2n) is 9.39. The molecule has 3 rings (SSSR count). The summed E-state index contributed by atoms with van der Waals surface area (Å²) in [5.41, 5.74) is 4.45. The number of amides is 1. The van der Waals surface area contributed by atoms with Gasteiger partial charge in [-0.25, -0.2) is 8.42 Å². The number of benzene rings is 3. The molecule has 0 saturated carbocycles. The number of anilines is 1. The van der Waals surface area contributed by atoms with Gasteiger partial charge in [0.2, 0.25) is 15.9 Å². The van der Waals surface area contributed by atoms with Crippen molar-refractivity contribution in [2.75, 3.05) is 17.1 Å². The van der Waals surface area contributed by atoms with Gasteiger partial charge in [0.25, 0.3) is 0 Å². The van der Waals surface area contributed by atoms with Crippen LogP contribution in [0.4, 0.5) is 5.69 Å². The van der Waals surface area contributed by atoms with Crippen molar-refractivity contribution in [1.82, 2.24) is 5.32 Å². The molecule has 33 heavy (non-hydrogen) atoms. The van der Waals surface area contributed by atoms with E-state index in [-0.39, 0.29) is 23.9 Å². The van der Waals surface area contributed by atoms with E-state index in [2.05, 4.69) is 26.1 Å². The van der Waals surface area contributed by atoms with Crippen LogP contribution in [0.25, 0.3) is 0 Å². The Labute approximate surface area is 197 Å². The summed E-state index contributed by atoms with van der Waals surface area (Å²) in [6.07, 6.45) is 1.12. The van der Waals surface area contributed by atoms with Gasteiger partial charge < -0.3 is 5.32 Å². The molecule has 0 saturated heterocycles. The molecule has 0 aromatic heterocycles. The van der Waals surface area contributed by atoms with E-state index in [1.54, 1.807) is 12.1 Å². The van der Waals surface area contributed by atoms with Crippen LogP contribution < -0.4 is 9.62 Å². The third-order valence-electron chi connectivity index (χ3n) is 5.52. The molecule has 174 valence electrons. The Morgan fingerprint density at radius 2 is 1.52 bits per heavy atom. The van der Waals surface area contributed by atoms with Gasteiger partial charge in [0.1, 0.15) is 6.54 Å². The van der Waals surface area contributed by atoms with E-state index in [0.717, 1.165) is 32.8 Å². The van der Waals surface area contributed by atoms with Gasteiger partial charge in [0.15, 0.2) is 0 Å². The molecule has 0 aliphatic rings. The van der Waals surface area contributed by atoms with Crippen LogP contribution in [0.5, 0.6) is 0 Å². The Kier molecular flexibility index (Phi) is 7.28. The average molecular weight is 465 g/mol. The molecule has 0 fully saturated rings. The first-order chi connectivity index (χ1) is 15.4. The van der Waals surface area contributed by atoms with Gasteiger partial charge >= 0.3 is 0 Å². The molecular weight excluding hydrogens is 432 g/mol. The molecule has 0 heterocycles. The second-order valence-corrected chi connectivity index (χ2v) is 11.3. The van der Waals surface area contributed by atoms with E-state index in [1.165, 1.54) is 0 Å². The number of carbonyl (C=O) groups is 1. The lowest BCUT2D eigenvalue weighted by Crippen LogP contribution is -2.41. The number of nitrogens with one attached hydrogen (secondary N) is 1. The first-order valence-electron chi connectivity index (χ1n) is 10.9. The van der Waals surface area contributed by atoms with Crippen molar-refractivity contribution in [2.24, 2.45) is 0 Å². The fourth-order valence-electron chi connectivity index (χ4n) is 3.72. The quantitative estimate of drug-likeness (QED) is 0.537. The van der Waals surface area contributed by atoms with E-state index < -0.39 is 10.0 Å². The first-order valence-corrected chi connectivity index (χ1v) is 12.8. The zero-order chi connectivity index (χ0) is 24.2. The molecule has 0 spiro atoms. The first kappa shape index (κ1) is 24.5. The molecule has 0 bridgehead atoms. The largest absolute Gasteiger partial charge is 0.344 e. The maximum atomic E-state index is 13.1. The number of hydrogen-bond acceptors (Lipinski definition) is 3. The fraction of sp³-hybridized carbons (Fsp3) is 0.296. The topological polar surface area (TPSA) is 66.5 Å². The molecule has 6 heteroatoms. The van der Waals surface area contributed by atoms with E-state index in [1.807, 2.05) is 73.7 Å². The van der Waals surface area contributed by atoms with Crippen LogP contribution in [0.3, 0.4) is 0 Å². The summed E-state index contributed by atoms with van der Waals surface area (Å²) in [5, 5.41) is 3.04. The van der Waals surface area contributed by atoms with E-state index in [9.17, 15) is 13.2 Å². The highest BCUT2D eigenvalue weighted by atomic mass is 32.2. The monoisotopic (exact) mass is 464 g/mol. The molecule has 0 aliphatic carbocycles. The highest BCUT2D eigenvalue weighted by molar-refractivity contribution is 7.92. The summed E-state index contributed by atoms with van der Waals surface area (Å²) in [7, 11) is -3.66. The van der Waals surface area contributed by atoms with Crippen molar-refractivity contribution in [2.45, 2.75) is 39.2 Å². The predicted octanol–water partition coefficient (Wildman–Crippen LogP) is 4.96. The summed E-state index contributed by atoms with van der Waals surface area (Å²) in [6, 6.07) is 24.5. The van der Waals surface area contributed by atoms with Crippen LogP contribution in [0.1, 0.15) is 49.1 Å². The molecule has 0 radical (unpaired) electrons. The minimum Gasteiger partial charge on any atom is -0.344 e. The lowest BCUT2D eigenvalue weighted by molar-refractivity contribution is -0.120. The number of aryl methyl sites for hydroxylation is 1. The van der Waals surface area contributed by atoms with Gasteiger partial charge in [-0.1, -0.05) is 93.1 Å². The Balaban J connectivity index is 1.88. The number of hydrogen-bond donors (Lipinski definition) is 1. The predicted molar refractivity (Wildman–Crippen MR) is 135 cm³/mol. The standard InChI is InChI=1S/C27H32N2O3S/c1-20-10-9-13-22(18-20)26(21-11-7-6-8-12-21)28-25(30)19-29(33(5,31)32)24-16-14-23(15-17-24)27(2,3)4/h6-18,26H,19H2,1-5H3,(H,28,30). The fourth-order valence-corrected chi connectivity index (χ4v) is 4.58. The molecule has 1 unspecified atom stereocenters. The lowest BCUT2D eigenvalue weighted by Gasteiger charge is -2.26. The van der Waals surface area contributed by atoms with Crippen LogP contribution in [0.15, 0.2) is 78.9 Å². The maximum Gasteiger partial charge on any atom is 0.241 e. The van der Waals surface area contributed by atoms with Crippen LogP contribution in [0, 0.1) is 6.92 Å². The summed E-state index contributed by atoms with van der Waals surface area (Å²) in [4.78, 5) is 13.1. The summed E-state index contributed by atoms with van der Waals surface area (Å²) < 4.78 is 26.3. The van der Waals surface area contributed by atoms with Crippen LogP contribution in [-0.4, -0.2) is 27.1 Å². The van der Waals surface area contributed by atoms with Crippen molar-refractivity contribution >= 4 is 21.6 Å².